The van der Waals surface area contributed by atoms with Crippen LogP contribution in [0.25, 0.3) is 0 Å². The van der Waals surface area contributed by atoms with Gasteiger partial charge in [-0.2, -0.15) is 18.4 Å². The monoisotopic (exact) mass is 651 g/mol. The van der Waals surface area contributed by atoms with Gasteiger partial charge in [-0.3, -0.25) is 24.3 Å². The Morgan fingerprint density at radius 2 is 1.76 bits per heavy atom. The standard InChI is InChI=1S/C32H44F3N5O4S/c1-6-43-28(41)13-14-38-21(2)19-37(20-22(38)3)15-16-44-26-11-9-24(10-12-26)40-30(45)39(29(42)31(40,4)5)25-8-7-23(18-36)27(17-25)32(33,34)35/h7-8,17,21-22,24,26H,6,9-16,19-20H2,1-5H3/t21-,22+,24?,26?. The third-order valence-corrected chi connectivity index (χ3v) is 9.62. The van der Waals surface area contributed by atoms with Crippen LogP contribution >= 0.6 is 12.2 Å². The molecule has 3 fully saturated rings. The Balaban J connectivity index is 1.29. The zero-order valence-corrected chi connectivity index (χ0v) is 27.5. The first-order valence-electron chi connectivity index (χ1n) is 15.7. The van der Waals surface area contributed by atoms with Crippen LogP contribution < -0.4 is 4.90 Å². The van der Waals surface area contributed by atoms with Gasteiger partial charge in [-0.15, -0.1) is 0 Å². The molecule has 2 saturated heterocycles. The van der Waals surface area contributed by atoms with Gasteiger partial charge in [0.25, 0.3) is 5.91 Å². The van der Waals surface area contributed by atoms with Crippen LogP contribution in [0.2, 0.25) is 0 Å². The van der Waals surface area contributed by atoms with Gasteiger partial charge in [0.1, 0.15) is 5.54 Å². The molecular weight excluding hydrogens is 607 g/mol. The van der Waals surface area contributed by atoms with Crippen LogP contribution in [0, 0.1) is 11.3 Å². The van der Waals surface area contributed by atoms with E-state index in [2.05, 4.69) is 23.6 Å². The Kier molecular flexibility index (Phi) is 11.2. The Hall–Kier alpha value is -2.79. The maximum Gasteiger partial charge on any atom is 0.417 e. The topological polar surface area (TPSA) is 89.3 Å². The maximum atomic E-state index is 13.6. The summed E-state index contributed by atoms with van der Waals surface area (Å²) in [6.45, 7) is 14.0. The lowest BCUT2D eigenvalue weighted by molar-refractivity contribution is -0.144. The molecule has 0 unspecified atom stereocenters. The van der Waals surface area contributed by atoms with E-state index in [1.54, 1.807) is 19.9 Å². The summed E-state index contributed by atoms with van der Waals surface area (Å²) >= 11 is 5.71. The van der Waals surface area contributed by atoms with Crippen molar-refractivity contribution in [1.82, 2.24) is 14.7 Å². The number of carbonyl (C=O) groups is 2. The number of ether oxygens (including phenoxy) is 2. The first kappa shape index (κ1) is 35.1. The van der Waals surface area contributed by atoms with Gasteiger partial charge in [-0.05, 0) is 90.7 Å². The number of hydrogen-bond donors (Lipinski definition) is 0. The highest BCUT2D eigenvalue weighted by molar-refractivity contribution is 7.80. The average Bonchev–Trinajstić information content (AvgIpc) is 3.15. The molecule has 2 atom stereocenters. The summed E-state index contributed by atoms with van der Waals surface area (Å²) in [6.07, 6.45) is -1.20. The second-order valence-electron chi connectivity index (χ2n) is 12.7. The summed E-state index contributed by atoms with van der Waals surface area (Å²) in [5.41, 5.74) is -2.62. The summed E-state index contributed by atoms with van der Waals surface area (Å²) in [6, 6.07) is 5.42. The van der Waals surface area contributed by atoms with Gasteiger partial charge in [0.2, 0.25) is 0 Å². The summed E-state index contributed by atoms with van der Waals surface area (Å²) in [5, 5.41) is 9.34. The van der Waals surface area contributed by atoms with Crippen molar-refractivity contribution < 1.29 is 32.2 Å². The van der Waals surface area contributed by atoms with Gasteiger partial charge < -0.3 is 14.4 Å². The van der Waals surface area contributed by atoms with Gasteiger partial charge >= 0.3 is 12.1 Å². The summed E-state index contributed by atoms with van der Waals surface area (Å²) in [4.78, 5) is 33.1. The quantitative estimate of drug-likeness (QED) is 0.257. The average molecular weight is 652 g/mol. The van der Waals surface area contributed by atoms with Gasteiger partial charge in [-0.25, -0.2) is 0 Å². The molecule has 13 heteroatoms. The summed E-state index contributed by atoms with van der Waals surface area (Å²) in [7, 11) is 0. The molecule has 0 radical (unpaired) electrons. The van der Waals surface area contributed by atoms with E-state index in [0.717, 1.165) is 57.5 Å². The molecule has 1 aromatic carbocycles. The number of benzene rings is 1. The molecule has 0 bridgehead atoms. The second kappa shape index (κ2) is 14.3. The first-order chi connectivity index (χ1) is 21.2. The van der Waals surface area contributed by atoms with Crippen LogP contribution in [-0.4, -0.2) is 101 Å². The number of esters is 1. The number of nitriles is 1. The molecule has 3 aliphatic rings. The number of carbonyl (C=O) groups excluding carboxylic acids is 2. The molecule has 1 amide bonds. The number of anilines is 1. The highest BCUT2D eigenvalue weighted by Crippen LogP contribution is 2.40. The van der Waals surface area contributed by atoms with Crippen molar-refractivity contribution in [2.24, 2.45) is 0 Å². The molecular formula is C32H44F3N5O4S. The number of halogens is 3. The molecule has 9 nitrogen and oxygen atoms in total. The molecule has 1 aromatic rings. The Morgan fingerprint density at radius 3 is 2.33 bits per heavy atom. The van der Waals surface area contributed by atoms with Gasteiger partial charge in [0.05, 0.1) is 48.6 Å². The fourth-order valence-electron chi connectivity index (χ4n) is 7.02. The van der Waals surface area contributed by atoms with Gasteiger partial charge in [0, 0.05) is 44.3 Å². The zero-order chi connectivity index (χ0) is 33.1. The van der Waals surface area contributed by atoms with Crippen LogP contribution in [0.15, 0.2) is 18.2 Å². The van der Waals surface area contributed by atoms with Gasteiger partial charge in [-0.1, -0.05) is 0 Å². The molecule has 0 N–H and O–H groups in total. The molecule has 248 valence electrons. The maximum absolute atomic E-state index is 13.6. The van der Waals surface area contributed by atoms with Crippen molar-refractivity contribution in [2.45, 2.75) is 103 Å². The minimum Gasteiger partial charge on any atom is -0.466 e. The normalized spacial score (nSPS) is 26.3. The molecule has 4 rings (SSSR count). The number of amides is 1. The van der Waals surface area contributed by atoms with Crippen molar-refractivity contribution in [3.63, 3.8) is 0 Å². The largest absolute Gasteiger partial charge is 0.466 e. The van der Waals surface area contributed by atoms with E-state index in [4.69, 9.17) is 27.0 Å². The Morgan fingerprint density at radius 1 is 1.11 bits per heavy atom. The second-order valence-corrected chi connectivity index (χ2v) is 13.1. The smallest absolute Gasteiger partial charge is 0.417 e. The fraction of sp³-hybridized carbons (Fsp3) is 0.688. The van der Waals surface area contributed by atoms with Crippen molar-refractivity contribution in [1.29, 1.82) is 5.26 Å². The van der Waals surface area contributed by atoms with Crippen molar-refractivity contribution in [3.8, 4) is 6.07 Å². The number of rotatable bonds is 10. The minimum absolute atomic E-state index is 0.00684. The minimum atomic E-state index is -4.74. The molecule has 1 saturated carbocycles. The first-order valence-corrected chi connectivity index (χ1v) is 16.1. The number of nitrogens with zero attached hydrogens (tertiary/aromatic N) is 5. The summed E-state index contributed by atoms with van der Waals surface area (Å²) < 4.78 is 52.3. The van der Waals surface area contributed by atoms with E-state index in [1.807, 2.05) is 11.8 Å². The van der Waals surface area contributed by atoms with E-state index >= 15 is 0 Å². The molecule has 45 heavy (non-hydrogen) atoms. The lowest BCUT2D eigenvalue weighted by Gasteiger charge is -2.44. The van der Waals surface area contributed by atoms with E-state index in [9.17, 15) is 22.8 Å². The summed E-state index contributed by atoms with van der Waals surface area (Å²) in [5.74, 6) is -0.555. The van der Waals surface area contributed by atoms with Crippen molar-refractivity contribution in [2.75, 3.05) is 44.3 Å². The van der Waals surface area contributed by atoms with Crippen molar-refractivity contribution >= 4 is 34.9 Å². The SMILES string of the molecule is CCOC(=O)CCN1[C@H](C)CN(CCOC2CCC(N3C(=S)N(c4ccc(C#N)c(C(F)(F)F)c4)C(=O)C3(C)C)CC2)C[C@@H]1C. The Labute approximate surface area is 269 Å². The van der Waals surface area contributed by atoms with Crippen LogP contribution in [-0.2, 0) is 25.2 Å². The van der Waals surface area contributed by atoms with E-state index < -0.39 is 28.7 Å². The van der Waals surface area contributed by atoms with Crippen LogP contribution in [0.5, 0.6) is 0 Å². The molecule has 0 spiro atoms. The van der Waals surface area contributed by atoms with E-state index in [-0.39, 0.29) is 28.9 Å². The van der Waals surface area contributed by atoms with Crippen LogP contribution in [0.4, 0.5) is 18.9 Å². The predicted molar refractivity (Wildman–Crippen MR) is 167 cm³/mol. The van der Waals surface area contributed by atoms with Crippen LogP contribution in [0.1, 0.15) is 77.8 Å². The number of hydrogen-bond acceptors (Lipinski definition) is 8. The Bertz CT molecular complexity index is 1280. The molecule has 2 heterocycles. The molecule has 0 aromatic heterocycles. The van der Waals surface area contributed by atoms with Crippen molar-refractivity contribution in [3.05, 3.63) is 29.3 Å². The third-order valence-electron chi connectivity index (χ3n) is 9.24. The highest BCUT2D eigenvalue weighted by atomic mass is 32.1. The lowest BCUT2D eigenvalue weighted by Crippen LogP contribution is -2.57. The highest BCUT2D eigenvalue weighted by Gasteiger charge is 2.52. The molecule has 2 aliphatic heterocycles. The zero-order valence-electron chi connectivity index (χ0n) is 26.7. The number of piperazine rings is 1. The van der Waals surface area contributed by atoms with Gasteiger partial charge in [0.15, 0.2) is 5.11 Å². The predicted octanol–water partition coefficient (Wildman–Crippen LogP) is 4.96. The van der Waals surface area contributed by atoms with Crippen LogP contribution in [0.3, 0.4) is 0 Å². The fourth-order valence-corrected chi connectivity index (χ4v) is 7.58. The number of alkyl halides is 3. The third kappa shape index (κ3) is 7.79. The molecule has 1 aliphatic carbocycles. The van der Waals surface area contributed by atoms with E-state index in [1.165, 1.54) is 11.0 Å². The lowest BCUT2D eigenvalue weighted by atomic mass is 9.89. The van der Waals surface area contributed by atoms with E-state index in [0.29, 0.717) is 38.3 Å². The number of thiocarbonyl (C=S) groups is 1.